The maximum absolute atomic E-state index is 12.9. The lowest BCUT2D eigenvalue weighted by Gasteiger charge is -2.05. The molecule has 0 N–H and O–H groups in total. The van der Waals surface area contributed by atoms with Crippen molar-refractivity contribution in [1.29, 1.82) is 0 Å². The van der Waals surface area contributed by atoms with Crippen molar-refractivity contribution in [2.75, 3.05) is 13.7 Å². The van der Waals surface area contributed by atoms with Crippen molar-refractivity contribution in [2.45, 2.75) is 19.8 Å². The van der Waals surface area contributed by atoms with Crippen LogP contribution in [0.5, 0.6) is 11.5 Å². The van der Waals surface area contributed by atoms with Crippen LogP contribution in [0, 0.1) is 0 Å². The first-order valence-electron chi connectivity index (χ1n) is 9.88. The first-order valence-corrected chi connectivity index (χ1v) is 10.7. The highest BCUT2D eigenvalue weighted by Gasteiger charge is 2.12. The molecule has 4 rings (SSSR count). The fraction of sp³-hybridized carbons (Fsp3) is 0.217. The molecule has 0 aliphatic carbocycles. The predicted octanol–water partition coefficient (Wildman–Crippen LogP) is 2.45. The summed E-state index contributed by atoms with van der Waals surface area (Å²) in [4.78, 5) is 29.7. The van der Waals surface area contributed by atoms with Crippen LogP contribution in [0.1, 0.15) is 30.2 Å². The van der Waals surface area contributed by atoms with Crippen LogP contribution in [0.3, 0.4) is 0 Å². The van der Waals surface area contributed by atoms with Crippen molar-refractivity contribution in [2.24, 2.45) is 0 Å². The monoisotopic (exact) mass is 435 g/mol. The van der Waals surface area contributed by atoms with E-state index in [1.54, 1.807) is 13.2 Å². The summed E-state index contributed by atoms with van der Waals surface area (Å²) in [7, 11) is 1.58. The molecule has 158 valence electrons. The first-order chi connectivity index (χ1) is 15.1. The minimum absolute atomic E-state index is 0.221. The number of aromatic nitrogens is 3. The smallest absolute Gasteiger partial charge is 0.296 e. The minimum atomic E-state index is -0.434. The number of benzene rings is 2. The van der Waals surface area contributed by atoms with Gasteiger partial charge < -0.3 is 9.47 Å². The SMILES string of the molecule is CCCOc1ccc(Cc2nn3c(=O)/c(=C\c4ccccc4OC)sc3nc2=O)cc1. The van der Waals surface area contributed by atoms with Gasteiger partial charge in [-0.25, -0.2) is 0 Å². The molecular weight excluding hydrogens is 414 g/mol. The molecule has 0 radical (unpaired) electrons. The molecule has 0 amide bonds. The van der Waals surface area contributed by atoms with E-state index in [0.29, 0.717) is 16.9 Å². The zero-order valence-electron chi connectivity index (χ0n) is 17.2. The van der Waals surface area contributed by atoms with E-state index in [9.17, 15) is 9.59 Å². The molecular formula is C23H21N3O4S. The largest absolute Gasteiger partial charge is 0.496 e. The number of thiazole rings is 1. The van der Waals surface area contributed by atoms with Crippen molar-refractivity contribution < 1.29 is 9.47 Å². The zero-order valence-corrected chi connectivity index (χ0v) is 18.0. The minimum Gasteiger partial charge on any atom is -0.496 e. The number of rotatable bonds is 7. The molecule has 2 heterocycles. The van der Waals surface area contributed by atoms with Crippen molar-refractivity contribution >= 4 is 22.4 Å². The van der Waals surface area contributed by atoms with Gasteiger partial charge in [0, 0.05) is 12.0 Å². The Bertz CT molecular complexity index is 1380. The third-order valence-corrected chi connectivity index (χ3v) is 5.60. The Hall–Kier alpha value is -3.52. The van der Waals surface area contributed by atoms with Gasteiger partial charge in [0.2, 0.25) is 4.96 Å². The molecule has 0 aliphatic rings. The van der Waals surface area contributed by atoms with Gasteiger partial charge in [0.25, 0.3) is 11.1 Å². The Morgan fingerprint density at radius 3 is 2.61 bits per heavy atom. The normalized spacial score (nSPS) is 11.7. The summed E-state index contributed by atoms with van der Waals surface area (Å²) >= 11 is 1.13. The summed E-state index contributed by atoms with van der Waals surface area (Å²) in [5.41, 5.74) is 1.12. The maximum atomic E-state index is 12.9. The van der Waals surface area contributed by atoms with Crippen molar-refractivity contribution in [1.82, 2.24) is 14.6 Å². The molecule has 31 heavy (non-hydrogen) atoms. The molecule has 0 atom stereocenters. The van der Waals surface area contributed by atoms with E-state index in [4.69, 9.17) is 9.47 Å². The van der Waals surface area contributed by atoms with E-state index >= 15 is 0 Å². The molecule has 0 aliphatic heterocycles. The fourth-order valence-electron chi connectivity index (χ4n) is 3.10. The summed E-state index contributed by atoms with van der Waals surface area (Å²) in [5, 5.41) is 4.30. The highest BCUT2D eigenvalue weighted by molar-refractivity contribution is 7.15. The van der Waals surface area contributed by atoms with Gasteiger partial charge in [-0.15, -0.1) is 0 Å². The summed E-state index contributed by atoms with van der Waals surface area (Å²) in [6.45, 7) is 2.70. The van der Waals surface area contributed by atoms with Crippen molar-refractivity contribution in [3.63, 3.8) is 0 Å². The Morgan fingerprint density at radius 1 is 1.10 bits per heavy atom. The van der Waals surface area contributed by atoms with Gasteiger partial charge in [0.1, 0.15) is 17.2 Å². The highest BCUT2D eigenvalue weighted by atomic mass is 32.1. The van der Waals surface area contributed by atoms with Gasteiger partial charge in [0.05, 0.1) is 18.2 Å². The third-order valence-electron chi connectivity index (χ3n) is 4.64. The van der Waals surface area contributed by atoms with Crippen LogP contribution in [-0.4, -0.2) is 28.3 Å². The highest BCUT2D eigenvalue weighted by Crippen LogP contribution is 2.18. The zero-order chi connectivity index (χ0) is 21.8. The van der Waals surface area contributed by atoms with Crippen LogP contribution in [-0.2, 0) is 6.42 Å². The second kappa shape index (κ2) is 9.09. The number of fused-ring (bicyclic) bond motifs is 1. The first kappa shape index (κ1) is 20.7. The number of nitrogens with zero attached hydrogens (tertiary/aromatic N) is 3. The van der Waals surface area contributed by atoms with E-state index in [0.717, 1.165) is 34.6 Å². The number of ether oxygens (including phenoxy) is 2. The standard InChI is InChI=1S/C23H21N3O4S/c1-3-12-30-17-10-8-15(9-11-17)13-18-21(27)24-23-26(25-18)22(28)20(31-23)14-16-6-4-5-7-19(16)29-2/h4-11,14H,3,12-13H2,1-2H3/b20-14+. The molecule has 0 unspecified atom stereocenters. The molecule has 0 saturated carbocycles. The average Bonchev–Trinajstić information content (AvgIpc) is 3.08. The molecule has 7 nitrogen and oxygen atoms in total. The van der Waals surface area contributed by atoms with Crippen LogP contribution in [0.25, 0.3) is 11.0 Å². The number of methoxy groups -OCH3 is 1. The Kier molecular flexibility index (Phi) is 6.08. The molecule has 0 spiro atoms. The maximum Gasteiger partial charge on any atom is 0.296 e. The van der Waals surface area contributed by atoms with Crippen LogP contribution >= 0.6 is 11.3 Å². The van der Waals surface area contributed by atoms with Crippen LogP contribution < -0.4 is 25.1 Å². The van der Waals surface area contributed by atoms with Crippen LogP contribution in [0.15, 0.2) is 58.1 Å². The molecule has 0 saturated heterocycles. The van der Waals surface area contributed by atoms with E-state index in [1.807, 2.05) is 55.5 Å². The van der Waals surface area contributed by atoms with Crippen molar-refractivity contribution in [3.05, 3.63) is 90.6 Å². The molecule has 2 aromatic carbocycles. The predicted molar refractivity (Wildman–Crippen MR) is 120 cm³/mol. The van der Waals surface area contributed by atoms with E-state index in [1.165, 1.54) is 4.52 Å². The topological polar surface area (TPSA) is 82.8 Å². The lowest BCUT2D eigenvalue weighted by Crippen LogP contribution is -2.28. The van der Waals surface area contributed by atoms with Gasteiger partial charge in [0.15, 0.2) is 0 Å². The fourth-order valence-corrected chi connectivity index (χ4v) is 3.99. The van der Waals surface area contributed by atoms with Gasteiger partial charge in [-0.05, 0) is 36.3 Å². The van der Waals surface area contributed by atoms with Crippen LogP contribution in [0.4, 0.5) is 0 Å². The average molecular weight is 436 g/mol. The van der Waals surface area contributed by atoms with Crippen LogP contribution in [0.2, 0.25) is 0 Å². The lowest BCUT2D eigenvalue weighted by atomic mass is 10.1. The van der Waals surface area contributed by atoms with E-state index < -0.39 is 5.56 Å². The van der Waals surface area contributed by atoms with Gasteiger partial charge in [-0.1, -0.05) is 48.6 Å². The summed E-state index contributed by atoms with van der Waals surface area (Å²) in [6.07, 6.45) is 2.94. The molecule has 4 aromatic rings. The number of hydrogen-bond donors (Lipinski definition) is 0. The summed E-state index contributed by atoms with van der Waals surface area (Å²) in [5.74, 6) is 1.43. The van der Waals surface area contributed by atoms with Crippen molar-refractivity contribution in [3.8, 4) is 11.5 Å². The van der Waals surface area contributed by atoms with E-state index in [2.05, 4.69) is 10.1 Å². The van der Waals surface area contributed by atoms with E-state index in [-0.39, 0.29) is 22.6 Å². The van der Waals surface area contributed by atoms with Gasteiger partial charge >= 0.3 is 0 Å². The second-order valence-corrected chi connectivity index (χ2v) is 7.89. The van der Waals surface area contributed by atoms with Gasteiger partial charge in [-0.3, -0.25) is 9.59 Å². The lowest BCUT2D eigenvalue weighted by molar-refractivity contribution is 0.317. The molecule has 0 bridgehead atoms. The van der Waals surface area contributed by atoms with Gasteiger partial charge in [-0.2, -0.15) is 14.6 Å². The number of para-hydroxylation sites is 1. The molecule has 8 heteroatoms. The number of hydrogen-bond acceptors (Lipinski definition) is 7. The summed E-state index contributed by atoms with van der Waals surface area (Å²) < 4.78 is 12.5. The molecule has 2 aromatic heterocycles. The quantitative estimate of drug-likeness (QED) is 0.444. The summed E-state index contributed by atoms with van der Waals surface area (Å²) in [6, 6.07) is 14.9. The third kappa shape index (κ3) is 4.49. The molecule has 0 fully saturated rings. The Labute approximate surface area is 182 Å². The Balaban J connectivity index is 1.69. The Morgan fingerprint density at radius 2 is 1.87 bits per heavy atom. The second-order valence-electron chi connectivity index (χ2n) is 6.88.